The number of hydrazine groups is 1. The normalized spacial score (nSPS) is 20.0. The maximum Gasteiger partial charge on any atom is 0.254 e. The molecule has 1 aliphatic rings. The van der Waals surface area contributed by atoms with Crippen molar-refractivity contribution in [1.29, 1.82) is 0 Å². The number of benzene rings is 1. The first-order valence-electron chi connectivity index (χ1n) is 8.56. The van der Waals surface area contributed by atoms with Crippen molar-refractivity contribution in [2.75, 3.05) is 0 Å². The Labute approximate surface area is 146 Å². The van der Waals surface area contributed by atoms with E-state index in [-0.39, 0.29) is 18.1 Å². The zero-order valence-corrected chi connectivity index (χ0v) is 14.1. The van der Waals surface area contributed by atoms with Crippen molar-refractivity contribution in [2.45, 2.75) is 32.1 Å². The Hall–Kier alpha value is -2.70. The minimum atomic E-state index is -0.124. The molecule has 0 saturated carbocycles. The third kappa shape index (κ3) is 3.01. The van der Waals surface area contributed by atoms with Gasteiger partial charge in [0.05, 0.1) is 17.8 Å². The van der Waals surface area contributed by atoms with Gasteiger partial charge in [0.2, 0.25) is 0 Å². The first kappa shape index (κ1) is 15.8. The third-order valence-electron chi connectivity index (χ3n) is 4.65. The molecule has 2 unspecified atom stereocenters. The molecule has 4 rings (SSSR count). The average molecular weight is 335 g/mol. The van der Waals surface area contributed by atoms with E-state index in [1.165, 1.54) is 16.6 Å². The van der Waals surface area contributed by atoms with Crippen molar-refractivity contribution in [3.05, 3.63) is 66.1 Å². The minimum Gasteiger partial charge on any atom is -0.343 e. The lowest BCUT2D eigenvalue weighted by atomic mass is 10.1. The number of nitrogens with zero attached hydrogens (tertiary/aromatic N) is 2. The number of fused-ring (bicyclic) bond motifs is 1. The summed E-state index contributed by atoms with van der Waals surface area (Å²) in [6.45, 7) is 3.06. The number of carbonyl (C=O) groups is 1. The number of para-hydroxylation sites is 1. The highest BCUT2D eigenvalue weighted by molar-refractivity contribution is 5.94. The van der Waals surface area contributed by atoms with Crippen LogP contribution in [-0.2, 0) is 6.54 Å². The number of hydrogen-bond acceptors (Lipinski definition) is 4. The summed E-state index contributed by atoms with van der Waals surface area (Å²) in [5.74, 6) is -0.121. The molecular weight excluding hydrogens is 314 g/mol. The summed E-state index contributed by atoms with van der Waals surface area (Å²) in [5, 5.41) is 4.24. The molecule has 1 aromatic carbocycles. The second-order valence-electron chi connectivity index (χ2n) is 6.22. The molecule has 1 fully saturated rings. The van der Waals surface area contributed by atoms with Gasteiger partial charge in [-0.1, -0.05) is 18.2 Å². The van der Waals surface area contributed by atoms with Crippen LogP contribution in [0.1, 0.15) is 35.4 Å². The van der Waals surface area contributed by atoms with Crippen LogP contribution in [-0.4, -0.2) is 21.6 Å². The Balaban J connectivity index is 1.50. The molecule has 1 aliphatic heterocycles. The molecule has 25 heavy (non-hydrogen) atoms. The molecule has 0 bridgehead atoms. The maximum atomic E-state index is 12.3. The molecular formula is C19H21N5O. The van der Waals surface area contributed by atoms with Gasteiger partial charge in [0.1, 0.15) is 0 Å². The van der Waals surface area contributed by atoms with Crippen molar-refractivity contribution in [1.82, 2.24) is 25.7 Å². The first-order chi connectivity index (χ1) is 12.3. The summed E-state index contributed by atoms with van der Waals surface area (Å²) in [5.41, 5.74) is 9.54. The van der Waals surface area contributed by atoms with E-state index in [2.05, 4.69) is 63.0 Å². The standard InChI is InChI=1S/C19H21N5O/c1-2-24-16-8-4-3-6-13(16)10-17(24)15-11-18(23-22-15)21-19(25)14-7-5-9-20-12-14/h3-10,12,15,18,22-23H,2,11H2,1H3,(H,21,25). The molecule has 6 heteroatoms. The number of hydrogen-bond donors (Lipinski definition) is 3. The van der Waals surface area contributed by atoms with Gasteiger partial charge in [-0.25, -0.2) is 10.9 Å². The van der Waals surface area contributed by atoms with Gasteiger partial charge in [0.15, 0.2) is 0 Å². The van der Waals surface area contributed by atoms with Gasteiger partial charge in [-0.2, -0.15) is 0 Å². The van der Waals surface area contributed by atoms with Gasteiger partial charge in [0.25, 0.3) is 5.91 Å². The predicted molar refractivity (Wildman–Crippen MR) is 96.7 cm³/mol. The van der Waals surface area contributed by atoms with Crippen LogP contribution in [0.5, 0.6) is 0 Å². The minimum absolute atomic E-state index is 0.121. The van der Waals surface area contributed by atoms with Gasteiger partial charge in [0, 0.05) is 36.6 Å². The average Bonchev–Trinajstić information content (AvgIpc) is 3.26. The highest BCUT2D eigenvalue weighted by Gasteiger charge is 2.28. The zero-order chi connectivity index (χ0) is 17.2. The number of aryl methyl sites for hydroxylation is 1. The second-order valence-corrected chi connectivity index (χ2v) is 6.22. The maximum absolute atomic E-state index is 12.3. The molecule has 3 N–H and O–H groups in total. The molecule has 2 aromatic heterocycles. The fourth-order valence-electron chi connectivity index (χ4n) is 3.46. The van der Waals surface area contributed by atoms with E-state index >= 15 is 0 Å². The number of rotatable bonds is 4. The van der Waals surface area contributed by atoms with Crippen LogP contribution in [0.2, 0.25) is 0 Å². The molecule has 0 spiro atoms. The van der Waals surface area contributed by atoms with Gasteiger partial charge in [-0.05, 0) is 36.6 Å². The van der Waals surface area contributed by atoms with E-state index in [9.17, 15) is 4.79 Å². The van der Waals surface area contributed by atoms with E-state index in [4.69, 9.17) is 0 Å². The van der Waals surface area contributed by atoms with Gasteiger partial charge < -0.3 is 9.88 Å². The third-order valence-corrected chi connectivity index (χ3v) is 4.65. The van der Waals surface area contributed by atoms with Gasteiger partial charge in [-0.15, -0.1) is 0 Å². The number of carbonyl (C=O) groups excluding carboxylic acids is 1. The highest BCUT2D eigenvalue weighted by atomic mass is 16.1. The lowest BCUT2D eigenvalue weighted by Gasteiger charge is -2.14. The number of aromatic nitrogens is 2. The van der Waals surface area contributed by atoms with Crippen molar-refractivity contribution in [3.8, 4) is 0 Å². The molecule has 1 saturated heterocycles. The molecule has 6 nitrogen and oxygen atoms in total. The Morgan fingerprint density at radius 3 is 2.96 bits per heavy atom. The largest absolute Gasteiger partial charge is 0.343 e. The van der Waals surface area contributed by atoms with E-state index in [1.54, 1.807) is 24.5 Å². The fraction of sp³-hybridized carbons (Fsp3) is 0.263. The molecule has 3 heterocycles. The predicted octanol–water partition coefficient (Wildman–Crippen LogP) is 2.35. The Morgan fingerprint density at radius 1 is 1.28 bits per heavy atom. The first-order valence-corrected chi connectivity index (χ1v) is 8.56. The molecule has 2 atom stereocenters. The van der Waals surface area contributed by atoms with Crippen LogP contribution >= 0.6 is 0 Å². The summed E-state index contributed by atoms with van der Waals surface area (Å²) < 4.78 is 2.32. The summed E-state index contributed by atoms with van der Waals surface area (Å²) in [4.78, 5) is 16.3. The van der Waals surface area contributed by atoms with Crippen molar-refractivity contribution >= 4 is 16.8 Å². The van der Waals surface area contributed by atoms with E-state index < -0.39 is 0 Å². The molecule has 128 valence electrons. The quantitative estimate of drug-likeness (QED) is 0.684. The van der Waals surface area contributed by atoms with Crippen LogP contribution in [0.15, 0.2) is 54.9 Å². The van der Waals surface area contributed by atoms with E-state index in [0.717, 1.165) is 13.0 Å². The Morgan fingerprint density at radius 2 is 2.16 bits per heavy atom. The lowest BCUT2D eigenvalue weighted by molar-refractivity contribution is 0.0932. The zero-order valence-electron chi connectivity index (χ0n) is 14.1. The molecule has 1 amide bonds. The van der Waals surface area contributed by atoms with E-state index in [0.29, 0.717) is 5.56 Å². The Bertz CT molecular complexity index is 889. The smallest absolute Gasteiger partial charge is 0.254 e. The van der Waals surface area contributed by atoms with Crippen LogP contribution < -0.4 is 16.2 Å². The number of nitrogens with one attached hydrogen (secondary N) is 3. The Kier molecular flexibility index (Phi) is 4.21. The fourth-order valence-corrected chi connectivity index (χ4v) is 3.46. The van der Waals surface area contributed by atoms with Crippen molar-refractivity contribution < 1.29 is 4.79 Å². The van der Waals surface area contributed by atoms with E-state index in [1.807, 2.05) is 0 Å². The topological polar surface area (TPSA) is 71.0 Å². The summed E-state index contributed by atoms with van der Waals surface area (Å²) in [6.07, 6.45) is 3.89. The summed E-state index contributed by atoms with van der Waals surface area (Å²) >= 11 is 0. The lowest BCUT2D eigenvalue weighted by Crippen LogP contribution is -2.44. The molecule has 0 radical (unpaired) electrons. The number of amides is 1. The SMILES string of the molecule is CCn1c(C2CC(NC(=O)c3cccnc3)NN2)cc2ccccc21. The highest BCUT2D eigenvalue weighted by Crippen LogP contribution is 2.28. The van der Waals surface area contributed by atoms with Crippen LogP contribution in [0.25, 0.3) is 10.9 Å². The summed E-state index contributed by atoms with van der Waals surface area (Å²) in [6, 6.07) is 14.3. The molecule has 0 aliphatic carbocycles. The summed E-state index contributed by atoms with van der Waals surface area (Å²) in [7, 11) is 0. The van der Waals surface area contributed by atoms with Crippen LogP contribution in [0.4, 0.5) is 0 Å². The van der Waals surface area contributed by atoms with Crippen molar-refractivity contribution in [3.63, 3.8) is 0 Å². The van der Waals surface area contributed by atoms with Gasteiger partial charge >= 0.3 is 0 Å². The van der Waals surface area contributed by atoms with Crippen molar-refractivity contribution in [2.24, 2.45) is 0 Å². The van der Waals surface area contributed by atoms with Crippen LogP contribution in [0.3, 0.4) is 0 Å². The van der Waals surface area contributed by atoms with Gasteiger partial charge in [-0.3, -0.25) is 9.78 Å². The monoisotopic (exact) mass is 335 g/mol. The van der Waals surface area contributed by atoms with Crippen LogP contribution in [0, 0.1) is 0 Å². The second kappa shape index (κ2) is 6.66. The number of pyridine rings is 1. The molecule has 3 aromatic rings.